The van der Waals surface area contributed by atoms with E-state index < -0.39 is 11.9 Å². The van der Waals surface area contributed by atoms with Crippen LogP contribution < -0.4 is 0 Å². The summed E-state index contributed by atoms with van der Waals surface area (Å²) >= 11 is 1.28. The molecule has 0 spiro atoms. The van der Waals surface area contributed by atoms with Crippen molar-refractivity contribution in [3.63, 3.8) is 0 Å². The Morgan fingerprint density at radius 3 is 2.70 bits per heavy atom. The van der Waals surface area contributed by atoms with Gasteiger partial charge >= 0.3 is 5.97 Å². The molecule has 1 fully saturated rings. The third-order valence-electron chi connectivity index (χ3n) is 4.66. The minimum atomic E-state index is -0.851. The van der Waals surface area contributed by atoms with Crippen LogP contribution >= 0.6 is 11.3 Å². The van der Waals surface area contributed by atoms with Gasteiger partial charge in [0.25, 0.3) is 5.91 Å². The number of aromatic nitrogens is 1. The Balaban J connectivity index is 1.72. The van der Waals surface area contributed by atoms with Gasteiger partial charge in [0.2, 0.25) is 0 Å². The molecule has 0 aliphatic carbocycles. The number of furan rings is 1. The molecule has 1 saturated heterocycles. The second-order valence-electron chi connectivity index (χ2n) is 6.47. The summed E-state index contributed by atoms with van der Waals surface area (Å²) in [5, 5.41) is 9.94. The van der Waals surface area contributed by atoms with Gasteiger partial charge in [-0.15, -0.1) is 11.3 Å². The van der Waals surface area contributed by atoms with Crippen LogP contribution in [-0.2, 0) is 4.79 Å². The zero-order chi connectivity index (χ0) is 18.8. The molecule has 1 N–H and O–H groups in total. The van der Waals surface area contributed by atoms with Gasteiger partial charge in [0, 0.05) is 18.7 Å². The van der Waals surface area contributed by atoms with Crippen molar-refractivity contribution in [1.29, 1.82) is 0 Å². The SMILES string of the molecule is O=C(O)[C@H]1CCCN(C(=O)c2sc(-c3ccco3)nc2-c2ccccc2)C1. The molecular weight excluding hydrogens is 364 g/mol. The van der Waals surface area contributed by atoms with Crippen LogP contribution in [0.4, 0.5) is 0 Å². The summed E-state index contributed by atoms with van der Waals surface area (Å²) < 4.78 is 5.44. The lowest BCUT2D eigenvalue weighted by Crippen LogP contribution is -2.42. The van der Waals surface area contributed by atoms with E-state index in [1.165, 1.54) is 11.3 Å². The van der Waals surface area contributed by atoms with E-state index in [4.69, 9.17) is 4.42 Å². The quantitative estimate of drug-likeness (QED) is 0.737. The lowest BCUT2D eigenvalue weighted by atomic mass is 9.98. The van der Waals surface area contributed by atoms with Crippen LogP contribution in [0.1, 0.15) is 22.5 Å². The fourth-order valence-corrected chi connectivity index (χ4v) is 4.29. The Morgan fingerprint density at radius 1 is 1.19 bits per heavy atom. The topological polar surface area (TPSA) is 83.6 Å². The molecule has 3 aromatic rings. The largest absolute Gasteiger partial charge is 0.481 e. The first-order valence-electron chi connectivity index (χ1n) is 8.75. The van der Waals surface area contributed by atoms with Gasteiger partial charge in [-0.2, -0.15) is 0 Å². The van der Waals surface area contributed by atoms with E-state index >= 15 is 0 Å². The zero-order valence-electron chi connectivity index (χ0n) is 14.5. The smallest absolute Gasteiger partial charge is 0.308 e. The first kappa shape index (κ1) is 17.5. The highest BCUT2D eigenvalue weighted by atomic mass is 32.1. The Hall–Kier alpha value is -2.93. The molecule has 6 nitrogen and oxygen atoms in total. The van der Waals surface area contributed by atoms with Gasteiger partial charge in [0.1, 0.15) is 4.88 Å². The number of carboxylic acid groups (broad SMARTS) is 1. The van der Waals surface area contributed by atoms with Crippen molar-refractivity contribution in [2.24, 2.45) is 5.92 Å². The third-order valence-corrected chi connectivity index (χ3v) is 5.72. The van der Waals surface area contributed by atoms with Crippen molar-refractivity contribution in [3.05, 3.63) is 53.6 Å². The van der Waals surface area contributed by atoms with Gasteiger partial charge in [-0.1, -0.05) is 30.3 Å². The lowest BCUT2D eigenvalue weighted by Gasteiger charge is -2.30. The van der Waals surface area contributed by atoms with Crippen molar-refractivity contribution >= 4 is 23.2 Å². The predicted octanol–water partition coefficient (Wildman–Crippen LogP) is 4.01. The van der Waals surface area contributed by atoms with Crippen LogP contribution in [0.25, 0.3) is 22.0 Å². The maximum absolute atomic E-state index is 13.2. The summed E-state index contributed by atoms with van der Waals surface area (Å²) in [6.07, 6.45) is 2.86. The fourth-order valence-electron chi connectivity index (χ4n) is 3.27. The Labute approximate surface area is 160 Å². The molecule has 7 heteroatoms. The molecule has 0 radical (unpaired) electrons. The summed E-state index contributed by atoms with van der Waals surface area (Å²) in [6, 6.07) is 13.1. The van der Waals surface area contributed by atoms with E-state index in [0.29, 0.717) is 40.7 Å². The number of rotatable bonds is 4. The standard InChI is InChI=1S/C20H18N2O4S/c23-19(22-10-4-8-14(12-22)20(24)25)17-16(13-6-2-1-3-7-13)21-18(27-17)15-9-5-11-26-15/h1-3,5-7,9,11,14H,4,8,10,12H2,(H,24,25)/t14-/m0/s1. The van der Waals surface area contributed by atoms with Crippen molar-refractivity contribution < 1.29 is 19.1 Å². The number of piperidine rings is 1. The molecule has 1 amide bonds. The molecule has 1 aromatic carbocycles. The van der Waals surface area contributed by atoms with Crippen LogP contribution in [0.3, 0.4) is 0 Å². The highest BCUT2D eigenvalue weighted by Crippen LogP contribution is 2.35. The third kappa shape index (κ3) is 3.50. The van der Waals surface area contributed by atoms with Crippen molar-refractivity contribution in [2.45, 2.75) is 12.8 Å². The molecule has 138 valence electrons. The molecule has 1 atom stereocenters. The Kier molecular flexibility index (Phi) is 4.77. The summed E-state index contributed by atoms with van der Waals surface area (Å²) in [4.78, 5) is 31.4. The number of benzene rings is 1. The molecule has 1 aliphatic rings. The highest BCUT2D eigenvalue weighted by molar-refractivity contribution is 7.17. The minimum Gasteiger partial charge on any atom is -0.481 e. The molecule has 3 heterocycles. The summed E-state index contributed by atoms with van der Waals surface area (Å²) in [5.41, 5.74) is 1.45. The van der Waals surface area contributed by atoms with Gasteiger partial charge in [-0.05, 0) is 25.0 Å². The second kappa shape index (κ2) is 7.36. The predicted molar refractivity (Wildman–Crippen MR) is 102 cm³/mol. The summed E-state index contributed by atoms with van der Waals surface area (Å²) in [7, 11) is 0. The van der Waals surface area contributed by atoms with Crippen molar-refractivity contribution in [2.75, 3.05) is 13.1 Å². The van der Waals surface area contributed by atoms with E-state index in [1.54, 1.807) is 17.2 Å². The number of likely N-dealkylation sites (tertiary alicyclic amines) is 1. The van der Waals surface area contributed by atoms with Gasteiger partial charge < -0.3 is 14.4 Å². The van der Waals surface area contributed by atoms with E-state index in [0.717, 1.165) is 5.56 Å². The molecule has 4 rings (SSSR count). The molecule has 1 aliphatic heterocycles. The number of hydrogen-bond donors (Lipinski definition) is 1. The number of nitrogens with zero attached hydrogens (tertiary/aromatic N) is 2. The lowest BCUT2D eigenvalue weighted by molar-refractivity contribution is -0.143. The van der Waals surface area contributed by atoms with E-state index in [2.05, 4.69) is 4.98 Å². The molecular formula is C20H18N2O4S. The molecule has 0 saturated carbocycles. The summed E-state index contributed by atoms with van der Waals surface area (Å²) in [5.74, 6) is -0.926. The monoisotopic (exact) mass is 382 g/mol. The van der Waals surface area contributed by atoms with Gasteiger partial charge in [0.15, 0.2) is 10.8 Å². The van der Waals surface area contributed by atoms with Crippen molar-refractivity contribution in [1.82, 2.24) is 9.88 Å². The van der Waals surface area contributed by atoms with Crippen LogP contribution in [-0.4, -0.2) is 40.0 Å². The number of carbonyl (C=O) groups is 2. The maximum atomic E-state index is 13.2. The fraction of sp³-hybridized carbons (Fsp3) is 0.250. The van der Waals surface area contributed by atoms with Crippen LogP contribution in [0.2, 0.25) is 0 Å². The number of carbonyl (C=O) groups excluding carboxylic acids is 1. The summed E-state index contributed by atoms with van der Waals surface area (Å²) in [6.45, 7) is 0.793. The Bertz CT molecular complexity index is 950. The van der Waals surface area contributed by atoms with Crippen LogP contribution in [0.15, 0.2) is 53.1 Å². The molecule has 0 bridgehead atoms. The van der Waals surface area contributed by atoms with E-state index in [-0.39, 0.29) is 12.5 Å². The highest BCUT2D eigenvalue weighted by Gasteiger charge is 2.31. The molecule has 2 aromatic heterocycles. The number of hydrogen-bond acceptors (Lipinski definition) is 5. The van der Waals surface area contributed by atoms with Crippen LogP contribution in [0.5, 0.6) is 0 Å². The van der Waals surface area contributed by atoms with Gasteiger partial charge in [-0.3, -0.25) is 9.59 Å². The van der Waals surface area contributed by atoms with Gasteiger partial charge in [0.05, 0.1) is 17.9 Å². The second-order valence-corrected chi connectivity index (χ2v) is 7.47. The maximum Gasteiger partial charge on any atom is 0.308 e. The average molecular weight is 382 g/mol. The first-order valence-corrected chi connectivity index (χ1v) is 9.57. The number of amides is 1. The molecule has 0 unspecified atom stereocenters. The van der Waals surface area contributed by atoms with E-state index in [1.807, 2.05) is 36.4 Å². The average Bonchev–Trinajstić information content (AvgIpc) is 3.38. The van der Waals surface area contributed by atoms with E-state index in [9.17, 15) is 14.7 Å². The molecule has 27 heavy (non-hydrogen) atoms. The number of aliphatic carboxylic acids is 1. The van der Waals surface area contributed by atoms with Crippen molar-refractivity contribution in [3.8, 4) is 22.0 Å². The number of thiazole rings is 1. The minimum absolute atomic E-state index is 0.171. The number of carboxylic acids is 1. The zero-order valence-corrected chi connectivity index (χ0v) is 15.3. The van der Waals surface area contributed by atoms with Gasteiger partial charge in [-0.25, -0.2) is 4.98 Å². The Morgan fingerprint density at radius 2 is 2.00 bits per heavy atom. The van der Waals surface area contributed by atoms with Crippen LogP contribution in [0, 0.1) is 5.92 Å². The normalized spacial score (nSPS) is 17.0. The first-order chi connectivity index (χ1) is 13.1.